The Balaban J connectivity index is 0.941. The molecule has 1 unspecified atom stereocenters. The van der Waals surface area contributed by atoms with E-state index in [-0.39, 0.29) is 47.0 Å². The minimum Gasteiger partial charge on any atom is -0.493 e. The molecule has 1 aliphatic carbocycles. The number of carbonyl (C=O) groups excluding carboxylic acids is 4. The van der Waals surface area contributed by atoms with E-state index in [1.54, 1.807) is 23.1 Å². The van der Waals surface area contributed by atoms with Crippen LogP contribution < -0.4 is 30.5 Å². The number of imide groups is 1. The summed E-state index contributed by atoms with van der Waals surface area (Å²) in [6.07, 6.45) is 1.81. The van der Waals surface area contributed by atoms with Crippen molar-refractivity contribution in [2.45, 2.75) is 102 Å². The highest BCUT2D eigenvalue weighted by atomic mass is 32.1. The number of hydrogen-bond acceptors (Lipinski definition) is 10. The number of halogens is 3. The van der Waals surface area contributed by atoms with Crippen LogP contribution in [0.25, 0.3) is 0 Å². The number of pyridine rings is 1. The van der Waals surface area contributed by atoms with Gasteiger partial charge in [0, 0.05) is 29.0 Å². The first-order chi connectivity index (χ1) is 28.5. The van der Waals surface area contributed by atoms with Gasteiger partial charge in [-0.1, -0.05) is 13.0 Å². The summed E-state index contributed by atoms with van der Waals surface area (Å²) in [6, 6.07) is 14.5. The summed E-state index contributed by atoms with van der Waals surface area (Å²) in [5, 5.41) is 17.7. The average Bonchev–Trinajstić information content (AvgIpc) is 3.42. The molecule has 4 aliphatic rings. The highest BCUT2D eigenvalue weighted by Gasteiger charge is 2.60. The molecule has 1 aromatic heterocycles. The number of aryl methyl sites for hydroxylation is 1. The summed E-state index contributed by atoms with van der Waals surface area (Å²) >= 11 is 5.80. The SMILES string of the molecule is CCc1cc(N2C(=S)N(c3cnc(C#N)c(C(F)(F)F)c3)C(=O)C23CCC3)ccc1OCC[C@H]1CCN(CC(=O)Nc2cccc(NC3CCC(=O)NC3=O)c2)C(C)(C)C1. The van der Waals surface area contributed by atoms with E-state index in [9.17, 15) is 37.6 Å². The molecule has 316 valence electrons. The van der Waals surface area contributed by atoms with Gasteiger partial charge in [0.15, 0.2) is 10.8 Å². The summed E-state index contributed by atoms with van der Waals surface area (Å²) < 4.78 is 47.8. The van der Waals surface area contributed by atoms with Gasteiger partial charge < -0.3 is 20.3 Å². The zero-order valence-corrected chi connectivity index (χ0v) is 34.5. The van der Waals surface area contributed by atoms with Crippen LogP contribution >= 0.6 is 12.2 Å². The standard InChI is InChI=1S/C43H47F3N8O5S/c1-4-27-19-30(54-40(60)53(39(58)42(54)15-6-16-42)31-21-32(43(44,45)46)34(23-47)48-24-31)9-11-35(27)59-18-14-26-13-17-52(41(2,3)22-26)25-37(56)50-29-8-5-7-28(20-29)49-33-10-12-36(55)51-38(33)57/h5,7-9,11,19-21,24,26,33,49H,4,6,10,12-18,22,25H2,1-3H3,(H,50,56)(H,51,55,57)/t26-,33?/m1/s1. The van der Waals surface area contributed by atoms with Crippen LogP contribution in [0.1, 0.15) is 89.0 Å². The van der Waals surface area contributed by atoms with Gasteiger partial charge in [-0.2, -0.15) is 18.4 Å². The Bertz CT molecular complexity index is 2260. The van der Waals surface area contributed by atoms with E-state index in [1.807, 2.05) is 31.2 Å². The van der Waals surface area contributed by atoms with E-state index in [4.69, 9.17) is 17.0 Å². The molecule has 7 rings (SSSR count). The average molecular weight is 845 g/mol. The molecule has 0 radical (unpaired) electrons. The maximum atomic E-state index is 14.0. The van der Waals surface area contributed by atoms with Crippen molar-refractivity contribution in [1.82, 2.24) is 15.2 Å². The van der Waals surface area contributed by atoms with E-state index in [0.717, 1.165) is 55.0 Å². The van der Waals surface area contributed by atoms with Gasteiger partial charge in [0.25, 0.3) is 5.91 Å². The number of thiocarbonyl (C=S) groups is 1. The van der Waals surface area contributed by atoms with Crippen LogP contribution in [0.4, 0.5) is 35.9 Å². The lowest BCUT2D eigenvalue weighted by Crippen LogP contribution is -2.55. The molecule has 1 saturated carbocycles. The molecule has 1 spiro atoms. The molecule has 3 aromatic rings. The van der Waals surface area contributed by atoms with Crippen molar-refractivity contribution >= 4 is 63.7 Å². The topological polar surface area (TPSA) is 160 Å². The molecule has 13 nitrogen and oxygen atoms in total. The van der Waals surface area contributed by atoms with E-state index < -0.39 is 34.9 Å². The van der Waals surface area contributed by atoms with Crippen LogP contribution in [-0.4, -0.2) is 75.4 Å². The molecule has 4 amide bonds. The van der Waals surface area contributed by atoms with Gasteiger partial charge in [-0.05, 0) is 138 Å². The number of anilines is 4. The van der Waals surface area contributed by atoms with Crippen LogP contribution in [0.15, 0.2) is 54.7 Å². The molecule has 2 atom stereocenters. The van der Waals surface area contributed by atoms with Crippen molar-refractivity contribution in [3.8, 4) is 11.8 Å². The fourth-order valence-corrected chi connectivity index (χ4v) is 9.23. The summed E-state index contributed by atoms with van der Waals surface area (Å²) in [5.41, 5.74) is -0.602. The summed E-state index contributed by atoms with van der Waals surface area (Å²) in [4.78, 5) is 59.6. The van der Waals surface area contributed by atoms with Crippen molar-refractivity contribution in [3.63, 3.8) is 0 Å². The molecular formula is C43H47F3N8O5S. The molecule has 3 aliphatic heterocycles. The number of nitrogens with one attached hydrogen (secondary N) is 3. The van der Waals surface area contributed by atoms with Crippen LogP contribution in [0, 0.1) is 17.2 Å². The summed E-state index contributed by atoms with van der Waals surface area (Å²) in [7, 11) is 0. The van der Waals surface area contributed by atoms with Gasteiger partial charge in [0.2, 0.25) is 17.7 Å². The van der Waals surface area contributed by atoms with Gasteiger partial charge in [-0.25, -0.2) is 4.98 Å². The van der Waals surface area contributed by atoms with E-state index in [0.29, 0.717) is 61.0 Å². The smallest absolute Gasteiger partial charge is 0.419 e. The van der Waals surface area contributed by atoms with E-state index >= 15 is 0 Å². The maximum absolute atomic E-state index is 14.0. The quantitative estimate of drug-likeness (QED) is 0.131. The number of nitriles is 1. The third-order valence-corrected chi connectivity index (χ3v) is 12.5. The Hall–Kier alpha value is -5.60. The molecule has 3 N–H and O–H groups in total. The molecule has 60 heavy (non-hydrogen) atoms. The summed E-state index contributed by atoms with van der Waals surface area (Å²) in [6.45, 7) is 7.71. The molecular weight excluding hydrogens is 798 g/mol. The monoisotopic (exact) mass is 844 g/mol. The van der Waals surface area contributed by atoms with Crippen LogP contribution in [-0.2, 0) is 31.8 Å². The number of hydrogen-bond donors (Lipinski definition) is 3. The zero-order chi connectivity index (χ0) is 43.0. The number of rotatable bonds is 12. The van der Waals surface area contributed by atoms with E-state index in [1.165, 1.54) is 6.07 Å². The molecule has 4 heterocycles. The van der Waals surface area contributed by atoms with Crippen molar-refractivity contribution in [3.05, 3.63) is 71.5 Å². The van der Waals surface area contributed by atoms with Crippen molar-refractivity contribution in [1.29, 1.82) is 5.26 Å². The first kappa shape index (κ1) is 42.5. The lowest BCUT2D eigenvalue weighted by atomic mass is 9.75. The predicted molar refractivity (Wildman–Crippen MR) is 222 cm³/mol. The van der Waals surface area contributed by atoms with Crippen LogP contribution in [0.2, 0.25) is 0 Å². The lowest BCUT2D eigenvalue weighted by Gasteiger charge is -2.45. The molecule has 4 fully saturated rings. The number of amides is 4. The number of ether oxygens (including phenoxy) is 1. The van der Waals surface area contributed by atoms with Gasteiger partial charge in [0.05, 0.1) is 30.6 Å². The van der Waals surface area contributed by atoms with Crippen molar-refractivity contribution in [2.24, 2.45) is 5.92 Å². The fraction of sp³-hybridized carbons (Fsp3) is 0.465. The Morgan fingerprint density at radius 2 is 1.85 bits per heavy atom. The van der Waals surface area contributed by atoms with Gasteiger partial charge in [-0.15, -0.1) is 0 Å². The van der Waals surface area contributed by atoms with Gasteiger partial charge in [0.1, 0.15) is 23.4 Å². The fourth-order valence-electron chi connectivity index (χ4n) is 8.76. The molecule has 2 aromatic carbocycles. The number of nitrogens with zero attached hydrogens (tertiary/aromatic N) is 5. The Labute approximate surface area is 351 Å². The Morgan fingerprint density at radius 3 is 2.52 bits per heavy atom. The molecule has 17 heteroatoms. The number of alkyl halides is 3. The lowest BCUT2D eigenvalue weighted by molar-refractivity contribution is -0.138. The third kappa shape index (κ3) is 8.53. The van der Waals surface area contributed by atoms with Crippen molar-refractivity contribution < 1.29 is 37.1 Å². The van der Waals surface area contributed by atoms with Gasteiger partial charge >= 0.3 is 6.18 Å². The minimum atomic E-state index is -4.85. The van der Waals surface area contributed by atoms with Crippen molar-refractivity contribution in [2.75, 3.05) is 40.1 Å². The maximum Gasteiger partial charge on any atom is 0.419 e. The Kier molecular flexibility index (Phi) is 11.9. The first-order valence-electron chi connectivity index (χ1n) is 20.2. The summed E-state index contributed by atoms with van der Waals surface area (Å²) in [5.74, 6) is -0.141. The highest BCUT2D eigenvalue weighted by molar-refractivity contribution is 7.81. The molecule has 0 bridgehead atoms. The second-order valence-corrected chi connectivity index (χ2v) is 16.9. The molecule has 3 saturated heterocycles. The predicted octanol–water partition coefficient (Wildman–Crippen LogP) is 6.71. The second kappa shape index (κ2) is 16.8. The number of likely N-dealkylation sites (tertiary alicyclic amines) is 1. The highest BCUT2D eigenvalue weighted by Crippen LogP contribution is 2.49. The van der Waals surface area contributed by atoms with E-state index in [2.05, 4.69) is 39.7 Å². The minimum absolute atomic E-state index is 0.0510. The number of benzene rings is 2. The number of carbonyl (C=O) groups is 4. The van der Waals surface area contributed by atoms with Crippen LogP contribution in [0.3, 0.4) is 0 Å². The number of aromatic nitrogens is 1. The normalized spacial score (nSPS) is 21.4. The van der Waals surface area contributed by atoms with Crippen LogP contribution in [0.5, 0.6) is 5.75 Å². The zero-order valence-electron chi connectivity index (χ0n) is 33.7. The largest absolute Gasteiger partial charge is 0.493 e. The first-order valence-corrected chi connectivity index (χ1v) is 20.6. The second-order valence-electron chi connectivity index (χ2n) is 16.5. The van der Waals surface area contributed by atoms with Gasteiger partial charge in [-0.3, -0.25) is 34.3 Å². The third-order valence-electron chi connectivity index (χ3n) is 12.1. The Morgan fingerprint density at radius 1 is 1.08 bits per heavy atom. The number of piperidine rings is 2.